The van der Waals surface area contributed by atoms with Gasteiger partial charge in [0.15, 0.2) is 5.82 Å². The fourth-order valence-corrected chi connectivity index (χ4v) is 10.9. The lowest BCUT2D eigenvalue weighted by Crippen LogP contribution is -2.14. The minimum Gasteiger partial charge on any atom is -0.228 e. The van der Waals surface area contributed by atoms with Crippen LogP contribution >= 0.6 is 0 Å². The summed E-state index contributed by atoms with van der Waals surface area (Å²) in [6.07, 6.45) is 0. The van der Waals surface area contributed by atoms with Crippen LogP contribution in [0.1, 0.15) is 25.0 Å². The summed E-state index contributed by atoms with van der Waals surface area (Å²) in [5.74, 6) is 0.712. The Balaban J connectivity index is 1.06. The van der Waals surface area contributed by atoms with Crippen LogP contribution in [-0.2, 0) is 5.41 Å². The molecule has 0 fully saturated rings. The molecular formula is C61H40N2. The van der Waals surface area contributed by atoms with Crippen LogP contribution in [0.2, 0.25) is 0 Å². The summed E-state index contributed by atoms with van der Waals surface area (Å²) in [7, 11) is 0. The molecule has 1 aliphatic carbocycles. The third-order valence-electron chi connectivity index (χ3n) is 13.8. The third kappa shape index (κ3) is 5.31. The fraction of sp³-hybridized carbons (Fsp3) is 0.0492. The van der Waals surface area contributed by atoms with Crippen LogP contribution < -0.4 is 0 Å². The van der Waals surface area contributed by atoms with Gasteiger partial charge in [-0.15, -0.1) is 0 Å². The Bertz CT molecular complexity index is 3880. The van der Waals surface area contributed by atoms with E-state index in [4.69, 9.17) is 9.97 Å². The highest BCUT2D eigenvalue weighted by atomic mass is 14.9. The van der Waals surface area contributed by atoms with Gasteiger partial charge in [-0.25, -0.2) is 9.97 Å². The number of hydrogen-bond donors (Lipinski definition) is 0. The van der Waals surface area contributed by atoms with Crippen molar-refractivity contribution in [3.63, 3.8) is 0 Å². The topological polar surface area (TPSA) is 25.8 Å². The molecule has 1 aliphatic rings. The molecule has 12 aromatic rings. The molecule has 13 rings (SSSR count). The Morgan fingerprint density at radius 2 is 0.825 bits per heavy atom. The molecule has 0 radical (unpaired) electrons. The van der Waals surface area contributed by atoms with Gasteiger partial charge < -0.3 is 0 Å². The van der Waals surface area contributed by atoms with Crippen molar-refractivity contribution in [2.45, 2.75) is 19.3 Å². The van der Waals surface area contributed by atoms with Crippen LogP contribution in [-0.4, -0.2) is 9.97 Å². The minimum absolute atomic E-state index is 0.165. The van der Waals surface area contributed by atoms with E-state index in [9.17, 15) is 0 Å². The zero-order chi connectivity index (χ0) is 41.8. The lowest BCUT2D eigenvalue weighted by Gasteiger charge is -2.22. The van der Waals surface area contributed by atoms with Gasteiger partial charge in [-0.05, 0) is 122 Å². The summed E-state index contributed by atoms with van der Waals surface area (Å²) >= 11 is 0. The zero-order valence-corrected chi connectivity index (χ0v) is 35.0. The molecule has 0 saturated heterocycles. The van der Waals surface area contributed by atoms with Crippen molar-refractivity contribution in [2.75, 3.05) is 0 Å². The summed E-state index contributed by atoms with van der Waals surface area (Å²) in [6, 6.07) is 75.5. The molecule has 0 atom stereocenters. The van der Waals surface area contributed by atoms with Crippen molar-refractivity contribution in [3.05, 3.63) is 217 Å². The van der Waals surface area contributed by atoms with Gasteiger partial charge in [0.25, 0.3) is 0 Å². The average molecular weight is 801 g/mol. The van der Waals surface area contributed by atoms with E-state index in [0.717, 1.165) is 33.5 Å². The van der Waals surface area contributed by atoms with Crippen molar-refractivity contribution in [1.82, 2.24) is 9.97 Å². The standard InChI is InChI=1S/C61H40N2/c1-61(2)54-30-16-29-50(59(54)53-33-38-19-6-7-20-39(38)34-55(53)61)57-36-56(62-60(63-57)37-17-4-3-5-18-37)47-32-31-46(40-21-8-10-23-42(40)47)51-35-52-44-25-11-9-22-41(44)43-24-12-14-27-48(43)58(52)49-28-15-13-26-45(49)51/h3-36H,1-2H3. The van der Waals surface area contributed by atoms with Crippen LogP contribution in [0.5, 0.6) is 0 Å². The third-order valence-corrected chi connectivity index (χ3v) is 13.8. The normalized spacial score (nSPS) is 13.0. The monoisotopic (exact) mass is 800 g/mol. The first-order valence-electron chi connectivity index (χ1n) is 21.9. The van der Waals surface area contributed by atoms with Crippen molar-refractivity contribution < 1.29 is 0 Å². The van der Waals surface area contributed by atoms with Crippen molar-refractivity contribution in [3.8, 4) is 56.2 Å². The van der Waals surface area contributed by atoms with E-state index in [0.29, 0.717) is 5.82 Å². The molecule has 294 valence electrons. The molecule has 63 heavy (non-hydrogen) atoms. The Kier molecular flexibility index (Phi) is 7.68. The molecule has 0 N–H and O–H groups in total. The summed E-state index contributed by atoms with van der Waals surface area (Å²) < 4.78 is 0. The molecule has 0 saturated carbocycles. The lowest BCUT2D eigenvalue weighted by molar-refractivity contribution is 0.661. The van der Waals surface area contributed by atoms with Gasteiger partial charge in [0.1, 0.15) is 0 Å². The lowest BCUT2D eigenvalue weighted by atomic mass is 9.81. The first kappa shape index (κ1) is 35.8. The van der Waals surface area contributed by atoms with E-state index >= 15 is 0 Å². The van der Waals surface area contributed by atoms with Crippen molar-refractivity contribution in [1.29, 1.82) is 0 Å². The van der Waals surface area contributed by atoms with E-state index in [1.165, 1.54) is 92.6 Å². The Hall–Kier alpha value is -7.94. The molecule has 11 aromatic carbocycles. The first-order chi connectivity index (χ1) is 31.0. The number of hydrogen-bond acceptors (Lipinski definition) is 2. The van der Waals surface area contributed by atoms with E-state index in [1.807, 2.05) is 0 Å². The number of fused-ring (bicyclic) bond motifs is 13. The zero-order valence-electron chi connectivity index (χ0n) is 35.0. The van der Waals surface area contributed by atoms with Gasteiger partial charge in [0, 0.05) is 22.1 Å². The van der Waals surface area contributed by atoms with Gasteiger partial charge in [0.2, 0.25) is 0 Å². The summed E-state index contributed by atoms with van der Waals surface area (Å²) in [4.78, 5) is 10.8. The van der Waals surface area contributed by atoms with Crippen LogP contribution in [0.25, 0.3) is 121 Å². The predicted octanol–water partition coefficient (Wildman–Crippen LogP) is 16.4. The van der Waals surface area contributed by atoms with Crippen LogP contribution in [0.3, 0.4) is 0 Å². The number of benzene rings is 11. The Morgan fingerprint density at radius 1 is 0.317 bits per heavy atom. The average Bonchev–Trinajstić information content (AvgIpc) is 3.57. The molecule has 0 amide bonds. The molecule has 0 aliphatic heterocycles. The molecule has 0 unspecified atom stereocenters. The van der Waals surface area contributed by atoms with Crippen LogP contribution in [0.4, 0.5) is 0 Å². The maximum atomic E-state index is 5.40. The maximum absolute atomic E-state index is 5.40. The van der Waals surface area contributed by atoms with Gasteiger partial charge in [-0.3, -0.25) is 0 Å². The quantitative estimate of drug-likeness (QED) is 0.166. The highest BCUT2D eigenvalue weighted by molar-refractivity contribution is 6.33. The molecule has 0 bridgehead atoms. The van der Waals surface area contributed by atoms with Gasteiger partial charge in [-0.1, -0.05) is 196 Å². The predicted molar refractivity (Wildman–Crippen MR) is 266 cm³/mol. The van der Waals surface area contributed by atoms with E-state index in [1.54, 1.807) is 0 Å². The smallest absolute Gasteiger partial charge is 0.160 e. The molecule has 2 nitrogen and oxygen atoms in total. The first-order valence-corrected chi connectivity index (χ1v) is 21.9. The summed E-state index contributed by atoms with van der Waals surface area (Å²) in [5.41, 5.74) is 12.5. The van der Waals surface area contributed by atoms with E-state index < -0.39 is 0 Å². The van der Waals surface area contributed by atoms with Gasteiger partial charge in [-0.2, -0.15) is 0 Å². The Labute approximate surface area is 365 Å². The molecule has 1 aromatic heterocycles. The minimum atomic E-state index is -0.165. The number of rotatable bonds is 4. The molecule has 1 heterocycles. The second-order valence-corrected chi connectivity index (χ2v) is 17.6. The second-order valence-electron chi connectivity index (χ2n) is 17.6. The van der Waals surface area contributed by atoms with E-state index in [-0.39, 0.29) is 5.41 Å². The molecule has 0 spiro atoms. The highest BCUT2D eigenvalue weighted by Gasteiger charge is 2.37. The second kappa shape index (κ2) is 13.5. The fourth-order valence-electron chi connectivity index (χ4n) is 10.9. The summed E-state index contributed by atoms with van der Waals surface area (Å²) in [6.45, 7) is 4.71. The molecule has 2 heteroatoms. The van der Waals surface area contributed by atoms with Crippen LogP contribution in [0, 0.1) is 0 Å². The van der Waals surface area contributed by atoms with Gasteiger partial charge in [0.05, 0.1) is 11.4 Å². The van der Waals surface area contributed by atoms with Gasteiger partial charge >= 0.3 is 0 Å². The summed E-state index contributed by atoms with van der Waals surface area (Å²) in [5, 5.41) is 15.1. The largest absolute Gasteiger partial charge is 0.228 e. The SMILES string of the molecule is CC1(C)c2cc3ccccc3cc2-c2c(-c3cc(-c4ccc(-c5cc6c7ccccc7c7ccccc7c6c6ccccc56)c5ccccc45)nc(-c4ccccc4)n3)cccc21. The van der Waals surface area contributed by atoms with Crippen molar-refractivity contribution >= 4 is 64.6 Å². The highest BCUT2D eigenvalue weighted by Crippen LogP contribution is 2.53. The maximum Gasteiger partial charge on any atom is 0.160 e. The van der Waals surface area contributed by atoms with E-state index in [2.05, 4.69) is 220 Å². The Morgan fingerprint density at radius 3 is 1.52 bits per heavy atom. The number of nitrogens with zero attached hydrogens (tertiary/aromatic N) is 2. The van der Waals surface area contributed by atoms with Crippen molar-refractivity contribution in [2.24, 2.45) is 0 Å². The molecular weight excluding hydrogens is 761 g/mol. The number of aromatic nitrogens is 2. The van der Waals surface area contributed by atoms with Crippen LogP contribution in [0.15, 0.2) is 206 Å².